The zero-order chi connectivity index (χ0) is 30.9. The lowest BCUT2D eigenvalue weighted by Crippen LogP contribution is -2.54. The Morgan fingerprint density at radius 2 is 1.64 bits per heavy atom. The normalized spacial score (nSPS) is 12.7. The number of carbonyl (C=O) groups excluding carboxylic acids is 2. The van der Waals surface area contributed by atoms with Gasteiger partial charge in [-0.2, -0.15) is 0 Å². The SMILES string of the molecule is CC[C@@H](C)NC(=O)[C@@H](CC)N(CCc1ccccc1)C(=O)CN(c1ccc(C)cc1)S(=O)(=O)c1ccc(OC)c(Br)c1. The number of aryl methyl sites for hydroxylation is 1. The van der Waals surface area contributed by atoms with Crippen molar-refractivity contribution in [3.63, 3.8) is 0 Å². The molecule has 0 aliphatic rings. The fourth-order valence-electron chi connectivity index (χ4n) is 4.51. The van der Waals surface area contributed by atoms with Crippen molar-refractivity contribution >= 4 is 43.5 Å². The first kappa shape index (κ1) is 33.1. The van der Waals surface area contributed by atoms with Crippen LogP contribution in [0.1, 0.15) is 44.7 Å². The van der Waals surface area contributed by atoms with Crippen LogP contribution >= 0.6 is 15.9 Å². The van der Waals surface area contributed by atoms with Gasteiger partial charge in [0.05, 0.1) is 22.2 Å². The highest BCUT2D eigenvalue weighted by Gasteiger charge is 2.34. The van der Waals surface area contributed by atoms with Crippen LogP contribution in [-0.2, 0) is 26.0 Å². The van der Waals surface area contributed by atoms with Gasteiger partial charge in [0.2, 0.25) is 11.8 Å². The Bertz CT molecular complexity index is 1450. The maximum Gasteiger partial charge on any atom is 0.264 e. The minimum Gasteiger partial charge on any atom is -0.496 e. The van der Waals surface area contributed by atoms with Gasteiger partial charge in [0, 0.05) is 12.6 Å². The number of nitrogens with one attached hydrogen (secondary N) is 1. The first-order valence-corrected chi connectivity index (χ1v) is 16.3. The van der Waals surface area contributed by atoms with Crippen molar-refractivity contribution in [3.8, 4) is 5.75 Å². The molecule has 0 saturated carbocycles. The molecule has 2 atom stereocenters. The topological polar surface area (TPSA) is 96.0 Å². The second-order valence-electron chi connectivity index (χ2n) is 10.2. The van der Waals surface area contributed by atoms with Crippen molar-refractivity contribution in [2.24, 2.45) is 0 Å². The molecule has 8 nitrogen and oxygen atoms in total. The highest BCUT2D eigenvalue weighted by atomic mass is 79.9. The monoisotopic (exact) mass is 657 g/mol. The molecule has 3 rings (SSSR count). The van der Waals surface area contributed by atoms with E-state index in [1.807, 2.05) is 58.0 Å². The van der Waals surface area contributed by atoms with Gasteiger partial charge in [-0.1, -0.05) is 61.9 Å². The number of halogens is 1. The van der Waals surface area contributed by atoms with Crippen LogP contribution < -0.4 is 14.4 Å². The number of hydrogen-bond donors (Lipinski definition) is 1. The van der Waals surface area contributed by atoms with E-state index in [1.54, 1.807) is 30.3 Å². The van der Waals surface area contributed by atoms with Gasteiger partial charge in [0.1, 0.15) is 18.3 Å². The smallest absolute Gasteiger partial charge is 0.264 e. The number of hydrogen-bond acceptors (Lipinski definition) is 5. The number of rotatable bonds is 14. The van der Waals surface area contributed by atoms with Crippen LogP contribution in [0, 0.1) is 6.92 Å². The van der Waals surface area contributed by atoms with Crippen LogP contribution in [0.5, 0.6) is 5.75 Å². The van der Waals surface area contributed by atoms with Gasteiger partial charge in [0.15, 0.2) is 0 Å². The molecule has 0 bridgehead atoms. The minimum absolute atomic E-state index is 0.000871. The summed E-state index contributed by atoms with van der Waals surface area (Å²) >= 11 is 3.37. The van der Waals surface area contributed by atoms with Crippen molar-refractivity contribution < 1.29 is 22.7 Å². The van der Waals surface area contributed by atoms with Gasteiger partial charge in [-0.25, -0.2) is 8.42 Å². The van der Waals surface area contributed by atoms with Crippen molar-refractivity contribution in [3.05, 3.63) is 88.4 Å². The maximum atomic E-state index is 14.1. The summed E-state index contributed by atoms with van der Waals surface area (Å²) in [5.74, 6) is -0.233. The van der Waals surface area contributed by atoms with Gasteiger partial charge in [-0.3, -0.25) is 13.9 Å². The molecule has 3 aromatic carbocycles. The number of methoxy groups -OCH3 is 1. The lowest BCUT2D eigenvalue weighted by Gasteiger charge is -2.33. The quantitative estimate of drug-likeness (QED) is 0.239. The van der Waals surface area contributed by atoms with Crippen LogP contribution in [0.3, 0.4) is 0 Å². The van der Waals surface area contributed by atoms with Crippen LogP contribution in [0.25, 0.3) is 0 Å². The molecular weight excluding hydrogens is 618 g/mol. The fraction of sp³-hybridized carbons (Fsp3) is 0.375. The average Bonchev–Trinajstić information content (AvgIpc) is 2.98. The van der Waals surface area contributed by atoms with Crippen LogP contribution in [0.2, 0.25) is 0 Å². The van der Waals surface area contributed by atoms with E-state index in [0.717, 1.165) is 21.9 Å². The highest BCUT2D eigenvalue weighted by molar-refractivity contribution is 9.10. The first-order chi connectivity index (χ1) is 20.0. The van der Waals surface area contributed by atoms with E-state index in [2.05, 4.69) is 21.2 Å². The average molecular weight is 659 g/mol. The largest absolute Gasteiger partial charge is 0.496 e. The summed E-state index contributed by atoms with van der Waals surface area (Å²) in [6.07, 6.45) is 1.64. The summed E-state index contributed by atoms with van der Waals surface area (Å²) in [6, 6.07) is 20.3. The number of anilines is 1. The number of benzene rings is 3. The zero-order valence-electron chi connectivity index (χ0n) is 24.8. The second-order valence-corrected chi connectivity index (χ2v) is 12.9. The molecule has 0 aliphatic heterocycles. The highest BCUT2D eigenvalue weighted by Crippen LogP contribution is 2.31. The van der Waals surface area contributed by atoms with Gasteiger partial charge >= 0.3 is 0 Å². The zero-order valence-corrected chi connectivity index (χ0v) is 27.2. The number of ether oxygens (including phenoxy) is 1. The van der Waals surface area contributed by atoms with Crippen LogP contribution in [0.4, 0.5) is 5.69 Å². The van der Waals surface area contributed by atoms with Crippen LogP contribution in [-0.4, -0.2) is 57.4 Å². The summed E-state index contributed by atoms with van der Waals surface area (Å²) in [5, 5.41) is 3.00. The van der Waals surface area contributed by atoms with Crippen molar-refractivity contribution in [2.75, 3.05) is 24.5 Å². The summed E-state index contributed by atoms with van der Waals surface area (Å²) in [6.45, 7) is 7.43. The molecule has 0 saturated heterocycles. The standard InChI is InChI=1S/C32H40BrN3O5S/c1-6-24(4)34-32(38)29(7-2)35(20-19-25-11-9-8-10-12-25)31(37)22-36(26-15-13-23(3)14-16-26)42(39,40)27-17-18-30(41-5)28(33)21-27/h8-18,21,24,29H,6-7,19-20,22H2,1-5H3,(H,34,38)/t24-,29-/m1/s1. The Balaban J connectivity index is 2.03. The summed E-state index contributed by atoms with van der Waals surface area (Å²) in [7, 11) is -2.69. The molecule has 3 aromatic rings. The molecule has 0 aromatic heterocycles. The molecule has 0 fully saturated rings. The molecule has 1 N–H and O–H groups in total. The molecule has 0 unspecified atom stereocenters. The van der Waals surface area contributed by atoms with Gasteiger partial charge in [-0.15, -0.1) is 0 Å². The van der Waals surface area contributed by atoms with Gasteiger partial charge < -0.3 is 15.0 Å². The van der Waals surface area contributed by atoms with E-state index in [1.165, 1.54) is 24.1 Å². The molecular formula is C32H40BrN3O5S. The van der Waals surface area contributed by atoms with E-state index in [0.29, 0.717) is 28.8 Å². The predicted molar refractivity (Wildman–Crippen MR) is 170 cm³/mol. The third-order valence-electron chi connectivity index (χ3n) is 7.18. The Hall–Kier alpha value is -3.37. The second kappa shape index (κ2) is 15.2. The molecule has 226 valence electrons. The molecule has 0 aliphatic carbocycles. The Labute approximate surface area is 258 Å². The summed E-state index contributed by atoms with van der Waals surface area (Å²) < 4.78 is 35.0. The molecule has 42 heavy (non-hydrogen) atoms. The van der Waals surface area contributed by atoms with Crippen molar-refractivity contribution in [1.29, 1.82) is 0 Å². The summed E-state index contributed by atoms with van der Waals surface area (Å²) in [5.41, 5.74) is 2.31. The Morgan fingerprint density at radius 3 is 2.21 bits per heavy atom. The fourth-order valence-corrected chi connectivity index (χ4v) is 6.64. The van der Waals surface area contributed by atoms with E-state index < -0.39 is 28.5 Å². The van der Waals surface area contributed by atoms with Gasteiger partial charge in [-0.05, 0) is 84.9 Å². The minimum atomic E-state index is -4.19. The summed E-state index contributed by atoms with van der Waals surface area (Å²) in [4.78, 5) is 29.0. The van der Waals surface area contributed by atoms with Crippen molar-refractivity contribution in [1.82, 2.24) is 10.2 Å². The van der Waals surface area contributed by atoms with E-state index >= 15 is 0 Å². The number of amides is 2. The van der Waals surface area contributed by atoms with E-state index in [9.17, 15) is 18.0 Å². The molecule has 0 heterocycles. The maximum absolute atomic E-state index is 14.1. The third-order valence-corrected chi connectivity index (χ3v) is 9.57. The molecule has 0 radical (unpaired) electrons. The van der Waals surface area contributed by atoms with Crippen LogP contribution in [0.15, 0.2) is 82.2 Å². The third kappa shape index (κ3) is 8.35. The van der Waals surface area contributed by atoms with E-state index in [-0.39, 0.29) is 23.4 Å². The van der Waals surface area contributed by atoms with Crippen molar-refractivity contribution in [2.45, 2.75) is 63.9 Å². The molecule has 2 amide bonds. The molecule has 10 heteroatoms. The molecule has 0 spiro atoms. The predicted octanol–water partition coefficient (Wildman–Crippen LogP) is 5.73. The Kier molecular flexibility index (Phi) is 12.0. The number of carbonyl (C=O) groups is 2. The Morgan fingerprint density at radius 1 is 0.976 bits per heavy atom. The van der Waals surface area contributed by atoms with E-state index in [4.69, 9.17) is 4.74 Å². The number of sulfonamides is 1. The lowest BCUT2D eigenvalue weighted by molar-refractivity contribution is -0.139. The number of nitrogens with zero attached hydrogens (tertiary/aromatic N) is 2. The van der Waals surface area contributed by atoms with Gasteiger partial charge in [0.25, 0.3) is 10.0 Å². The first-order valence-electron chi connectivity index (χ1n) is 14.1. The lowest BCUT2D eigenvalue weighted by atomic mass is 10.1.